The van der Waals surface area contributed by atoms with E-state index in [4.69, 9.17) is 0 Å². The molecule has 0 saturated heterocycles. The maximum absolute atomic E-state index is 13.1. The van der Waals surface area contributed by atoms with Crippen molar-refractivity contribution in [2.24, 2.45) is 0 Å². The van der Waals surface area contributed by atoms with Crippen molar-refractivity contribution in [3.63, 3.8) is 0 Å². The summed E-state index contributed by atoms with van der Waals surface area (Å²) < 4.78 is 100. The first kappa shape index (κ1) is 19.0. The number of hydrogen-bond acceptors (Lipinski definition) is 2. The molecule has 0 heterocycles. The highest BCUT2D eigenvalue weighted by Crippen LogP contribution is 2.46. The molecule has 0 amide bonds. The summed E-state index contributed by atoms with van der Waals surface area (Å²) >= 11 is -2.34. The molecule has 0 spiro atoms. The third-order valence-electron chi connectivity index (χ3n) is 2.93. The van der Waals surface area contributed by atoms with Crippen molar-refractivity contribution < 1.29 is 35.3 Å². The van der Waals surface area contributed by atoms with Crippen LogP contribution in [0.2, 0.25) is 0 Å². The summed E-state index contributed by atoms with van der Waals surface area (Å²) in [7, 11) is 0. The maximum Gasteiger partial charge on any atom is 0.459 e. The summed E-state index contributed by atoms with van der Waals surface area (Å²) in [4.78, 5) is -0.00535. The number of hydrogen-bond donors (Lipinski definition) is 1. The van der Waals surface area contributed by atoms with Crippen LogP contribution >= 0.6 is 0 Å². The lowest BCUT2D eigenvalue weighted by atomic mass is 10.1. The van der Waals surface area contributed by atoms with Crippen LogP contribution in [0.5, 0.6) is 0 Å². The molecule has 0 aliphatic carbocycles. The molecule has 1 atom stereocenters. The predicted octanol–water partition coefficient (Wildman–Crippen LogP) is 3.75. The zero-order chi connectivity index (χ0) is 17.3. The van der Waals surface area contributed by atoms with Gasteiger partial charge in [0.25, 0.3) is 0 Å². The second-order valence-electron chi connectivity index (χ2n) is 4.61. The number of alkyl halides is 7. The van der Waals surface area contributed by atoms with Gasteiger partial charge in [-0.1, -0.05) is 6.07 Å². The van der Waals surface area contributed by atoms with Crippen molar-refractivity contribution in [3.05, 3.63) is 29.3 Å². The van der Waals surface area contributed by atoms with Gasteiger partial charge in [-0.15, -0.1) is 4.72 Å². The lowest BCUT2D eigenvalue weighted by Crippen LogP contribution is -2.56. The van der Waals surface area contributed by atoms with E-state index < -0.39 is 35.9 Å². The Morgan fingerprint density at radius 2 is 1.55 bits per heavy atom. The van der Waals surface area contributed by atoms with E-state index in [0.717, 1.165) is 5.56 Å². The number of benzene rings is 1. The Hall–Kier alpha value is -1.00. The number of aryl methyl sites for hydroxylation is 2. The van der Waals surface area contributed by atoms with Crippen molar-refractivity contribution in [2.75, 3.05) is 6.54 Å². The van der Waals surface area contributed by atoms with E-state index in [1.165, 1.54) is 22.9 Å². The van der Waals surface area contributed by atoms with Gasteiger partial charge in [0, 0.05) is 0 Å². The van der Waals surface area contributed by atoms with Crippen LogP contribution in [0.25, 0.3) is 0 Å². The van der Waals surface area contributed by atoms with Crippen LogP contribution in [0.1, 0.15) is 11.1 Å². The minimum atomic E-state index is -6.40. The normalized spacial score (nSPS) is 15.0. The van der Waals surface area contributed by atoms with Gasteiger partial charge >= 0.3 is 18.0 Å². The second kappa shape index (κ2) is 6.25. The molecule has 0 bridgehead atoms. The summed E-state index contributed by atoms with van der Waals surface area (Å²) in [6.45, 7) is 1.29. The number of halogens is 7. The minimum absolute atomic E-state index is 0.00535. The summed E-state index contributed by atoms with van der Waals surface area (Å²) in [5.74, 6) is -11.7. The number of nitrogens with one attached hydrogen (secondary N) is 1. The summed E-state index contributed by atoms with van der Waals surface area (Å²) in [5, 5.41) is 0. The zero-order valence-corrected chi connectivity index (χ0v) is 12.2. The molecule has 0 radical (unpaired) electrons. The van der Waals surface area contributed by atoms with Crippen molar-refractivity contribution in [1.29, 1.82) is 0 Å². The van der Waals surface area contributed by atoms with Crippen molar-refractivity contribution in [1.82, 2.24) is 4.72 Å². The van der Waals surface area contributed by atoms with E-state index in [1.807, 2.05) is 0 Å². The molecular weight excluding hydrogens is 339 g/mol. The standard InChI is InChI=1S/C12H12F7NOS/c1-7-3-4-9(5-8(7)2)22(21)20-6-10(13,14)11(15,16)12(17,18)19/h3-5,20H,6H2,1-2H3. The average molecular weight is 351 g/mol. The first-order valence-corrected chi connectivity index (χ1v) is 6.99. The average Bonchev–Trinajstić information content (AvgIpc) is 2.37. The van der Waals surface area contributed by atoms with Gasteiger partial charge in [0.15, 0.2) is 4.90 Å². The van der Waals surface area contributed by atoms with E-state index in [1.54, 1.807) is 13.8 Å². The zero-order valence-electron chi connectivity index (χ0n) is 11.4. The quantitative estimate of drug-likeness (QED) is 0.648. The fraction of sp³-hybridized carbons (Fsp3) is 0.500. The smallest absolute Gasteiger partial charge is 0.459 e. The molecule has 0 saturated carbocycles. The monoisotopic (exact) mass is 351 g/mol. The van der Waals surface area contributed by atoms with Crippen molar-refractivity contribution >= 4 is 11.4 Å². The highest BCUT2D eigenvalue weighted by Gasteiger charge is 2.73. The SMILES string of the molecule is Cc1ccc([S+]([O-])NCC(F)(F)C(F)(F)C(F)(F)F)cc1C. The molecule has 0 aromatic heterocycles. The van der Waals surface area contributed by atoms with Crippen LogP contribution < -0.4 is 4.72 Å². The molecular formula is C12H12F7NOS. The number of rotatable bonds is 5. The Morgan fingerprint density at radius 1 is 1.00 bits per heavy atom. The third-order valence-corrected chi connectivity index (χ3v) is 4.02. The highest BCUT2D eigenvalue weighted by atomic mass is 32.2. The van der Waals surface area contributed by atoms with E-state index in [-0.39, 0.29) is 4.90 Å². The molecule has 22 heavy (non-hydrogen) atoms. The predicted molar refractivity (Wildman–Crippen MR) is 66.3 cm³/mol. The molecule has 1 rings (SSSR count). The molecule has 10 heteroatoms. The van der Waals surface area contributed by atoms with Gasteiger partial charge in [-0.3, -0.25) is 0 Å². The topological polar surface area (TPSA) is 35.1 Å². The summed E-state index contributed by atoms with van der Waals surface area (Å²) in [5.41, 5.74) is 1.48. The molecule has 1 aromatic carbocycles. The van der Waals surface area contributed by atoms with Gasteiger partial charge < -0.3 is 4.55 Å². The van der Waals surface area contributed by atoms with Crippen LogP contribution in [-0.2, 0) is 11.4 Å². The highest BCUT2D eigenvalue weighted by molar-refractivity contribution is 7.89. The van der Waals surface area contributed by atoms with Crippen molar-refractivity contribution in [2.45, 2.75) is 36.8 Å². The van der Waals surface area contributed by atoms with Gasteiger partial charge in [-0.05, 0) is 37.1 Å². The largest absolute Gasteiger partial charge is 0.593 e. The summed E-state index contributed by atoms with van der Waals surface area (Å²) in [6.07, 6.45) is -6.40. The molecule has 1 N–H and O–H groups in total. The van der Waals surface area contributed by atoms with Crippen molar-refractivity contribution in [3.8, 4) is 0 Å². The van der Waals surface area contributed by atoms with Crippen LogP contribution in [0.4, 0.5) is 30.7 Å². The Bertz CT molecular complexity index is 533. The molecule has 2 nitrogen and oxygen atoms in total. The summed E-state index contributed by atoms with van der Waals surface area (Å²) in [6, 6.07) is 4.18. The van der Waals surface area contributed by atoms with Gasteiger partial charge in [0.1, 0.15) is 6.54 Å². The van der Waals surface area contributed by atoms with E-state index >= 15 is 0 Å². The maximum atomic E-state index is 13.1. The lowest BCUT2D eigenvalue weighted by Gasteiger charge is -2.28. The third kappa shape index (κ3) is 3.85. The first-order valence-electron chi connectivity index (χ1n) is 5.84. The van der Waals surface area contributed by atoms with Gasteiger partial charge in [-0.2, -0.15) is 30.7 Å². The van der Waals surface area contributed by atoms with Gasteiger partial charge in [0.2, 0.25) is 0 Å². The molecule has 0 fully saturated rings. The Labute approximate surface area is 125 Å². The fourth-order valence-electron chi connectivity index (χ4n) is 1.39. The van der Waals surface area contributed by atoms with Crippen LogP contribution in [0, 0.1) is 13.8 Å². The Kier molecular flexibility index (Phi) is 5.41. The molecule has 0 aliphatic rings. The van der Waals surface area contributed by atoms with Gasteiger partial charge in [-0.25, -0.2) is 0 Å². The van der Waals surface area contributed by atoms with Crippen LogP contribution in [0.15, 0.2) is 23.1 Å². The van der Waals surface area contributed by atoms with Crippen LogP contribution in [0.3, 0.4) is 0 Å². The minimum Gasteiger partial charge on any atom is -0.593 e. The first-order chi connectivity index (χ1) is 9.79. The fourth-order valence-corrected chi connectivity index (χ4v) is 2.34. The van der Waals surface area contributed by atoms with Gasteiger partial charge in [0.05, 0.1) is 11.4 Å². The second-order valence-corrected chi connectivity index (χ2v) is 5.91. The molecule has 0 aliphatic heterocycles. The molecule has 1 unspecified atom stereocenters. The lowest BCUT2D eigenvalue weighted by molar-refractivity contribution is -0.352. The van der Waals surface area contributed by atoms with E-state index in [2.05, 4.69) is 0 Å². The van der Waals surface area contributed by atoms with E-state index in [0.29, 0.717) is 5.56 Å². The Balaban J connectivity index is 2.81. The Morgan fingerprint density at radius 3 is 2.00 bits per heavy atom. The molecule has 126 valence electrons. The van der Waals surface area contributed by atoms with E-state index in [9.17, 15) is 35.3 Å². The van der Waals surface area contributed by atoms with Crippen LogP contribution in [-0.4, -0.2) is 29.1 Å². The molecule has 1 aromatic rings.